The van der Waals surface area contributed by atoms with E-state index >= 15 is 0 Å². The summed E-state index contributed by atoms with van der Waals surface area (Å²) in [6.45, 7) is 8.90. The summed E-state index contributed by atoms with van der Waals surface area (Å²) in [6, 6.07) is 2.73. The molecule has 0 saturated heterocycles. The van der Waals surface area contributed by atoms with E-state index in [4.69, 9.17) is 0 Å². The molecule has 0 fully saturated rings. The third kappa shape index (κ3) is 3.08. The van der Waals surface area contributed by atoms with Gasteiger partial charge in [-0.1, -0.05) is 13.8 Å². The predicted molar refractivity (Wildman–Crippen MR) is 68.5 cm³/mol. The Kier molecular flexibility index (Phi) is 4.54. The molecule has 2 unspecified atom stereocenters. The third-order valence-electron chi connectivity index (χ3n) is 3.50. The molecule has 2 atom stereocenters. The molecular weight excluding hydrogens is 198 g/mol. The second-order valence-electron chi connectivity index (χ2n) is 5.09. The summed E-state index contributed by atoms with van der Waals surface area (Å²) in [5.41, 5.74) is 2.44. The molecule has 0 aliphatic carbocycles. The molecule has 3 nitrogen and oxygen atoms in total. The number of rotatable bonds is 5. The molecule has 16 heavy (non-hydrogen) atoms. The number of nitrogens with zero attached hydrogens (tertiary/aromatic N) is 2. The molecule has 0 aliphatic rings. The van der Waals surface area contributed by atoms with Gasteiger partial charge in [0.1, 0.15) is 0 Å². The first-order valence-corrected chi connectivity index (χ1v) is 6.12. The van der Waals surface area contributed by atoms with E-state index in [1.54, 1.807) is 0 Å². The average Bonchev–Trinajstić information content (AvgIpc) is 2.52. The Hall–Kier alpha value is -0.830. The Labute approximate surface area is 99.2 Å². The second kappa shape index (κ2) is 5.48. The van der Waals surface area contributed by atoms with E-state index in [-0.39, 0.29) is 0 Å². The smallest absolute Gasteiger partial charge is 0.0596 e. The lowest BCUT2D eigenvalue weighted by Gasteiger charge is -2.27. The maximum absolute atomic E-state index is 4.40. The molecule has 92 valence electrons. The number of aryl methyl sites for hydroxylation is 2. The SMILES string of the molecule is CNC(C)C(Cc1cc(C)nn1C)C(C)C. The summed E-state index contributed by atoms with van der Waals surface area (Å²) in [5, 5.41) is 7.77. The van der Waals surface area contributed by atoms with Crippen LogP contribution in [0.15, 0.2) is 6.07 Å². The Morgan fingerprint density at radius 3 is 2.38 bits per heavy atom. The highest BCUT2D eigenvalue weighted by Crippen LogP contribution is 2.21. The van der Waals surface area contributed by atoms with Crippen molar-refractivity contribution in [1.29, 1.82) is 0 Å². The first-order chi connectivity index (χ1) is 7.45. The molecule has 0 amide bonds. The molecule has 0 bridgehead atoms. The van der Waals surface area contributed by atoms with Gasteiger partial charge in [-0.25, -0.2) is 0 Å². The zero-order valence-electron chi connectivity index (χ0n) is 11.4. The fraction of sp³-hybridized carbons (Fsp3) is 0.769. The van der Waals surface area contributed by atoms with Crippen LogP contribution in [0, 0.1) is 18.8 Å². The van der Waals surface area contributed by atoms with Crippen LogP contribution < -0.4 is 5.32 Å². The Bertz CT molecular complexity index is 328. The lowest BCUT2D eigenvalue weighted by molar-refractivity contribution is 0.295. The quantitative estimate of drug-likeness (QED) is 0.829. The number of hydrogen-bond acceptors (Lipinski definition) is 2. The normalized spacial score (nSPS) is 15.4. The second-order valence-corrected chi connectivity index (χ2v) is 5.09. The molecule has 0 aliphatic heterocycles. The average molecular weight is 223 g/mol. The van der Waals surface area contributed by atoms with Crippen molar-refractivity contribution in [2.24, 2.45) is 18.9 Å². The maximum Gasteiger partial charge on any atom is 0.0596 e. The van der Waals surface area contributed by atoms with Gasteiger partial charge in [-0.15, -0.1) is 0 Å². The summed E-state index contributed by atoms with van der Waals surface area (Å²) < 4.78 is 2.01. The fourth-order valence-electron chi connectivity index (χ4n) is 2.30. The van der Waals surface area contributed by atoms with Crippen molar-refractivity contribution in [3.8, 4) is 0 Å². The van der Waals surface area contributed by atoms with Crippen molar-refractivity contribution in [2.75, 3.05) is 7.05 Å². The minimum absolute atomic E-state index is 0.537. The Balaban J connectivity index is 2.79. The van der Waals surface area contributed by atoms with E-state index in [2.05, 4.69) is 44.2 Å². The molecule has 0 aromatic carbocycles. The molecule has 1 aromatic heterocycles. The van der Waals surface area contributed by atoms with Crippen molar-refractivity contribution in [1.82, 2.24) is 15.1 Å². The van der Waals surface area contributed by atoms with E-state index in [1.165, 1.54) is 5.69 Å². The van der Waals surface area contributed by atoms with E-state index in [0.29, 0.717) is 17.9 Å². The van der Waals surface area contributed by atoms with Crippen LogP contribution in [0.5, 0.6) is 0 Å². The molecule has 3 heteroatoms. The molecule has 0 spiro atoms. The largest absolute Gasteiger partial charge is 0.317 e. The molecule has 1 rings (SSSR count). The van der Waals surface area contributed by atoms with E-state index in [9.17, 15) is 0 Å². The fourth-order valence-corrected chi connectivity index (χ4v) is 2.30. The van der Waals surface area contributed by atoms with Gasteiger partial charge >= 0.3 is 0 Å². The topological polar surface area (TPSA) is 29.9 Å². The van der Waals surface area contributed by atoms with Crippen LogP contribution in [0.25, 0.3) is 0 Å². The van der Waals surface area contributed by atoms with Gasteiger partial charge in [-0.2, -0.15) is 5.10 Å². The highest BCUT2D eigenvalue weighted by Gasteiger charge is 2.21. The Morgan fingerprint density at radius 2 is 2.00 bits per heavy atom. The summed E-state index contributed by atoms with van der Waals surface area (Å²) >= 11 is 0. The third-order valence-corrected chi connectivity index (χ3v) is 3.50. The van der Waals surface area contributed by atoms with Gasteiger partial charge in [0.15, 0.2) is 0 Å². The summed E-state index contributed by atoms with van der Waals surface area (Å²) in [4.78, 5) is 0. The summed E-state index contributed by atoms with van der Waals surface area (Å²) in [5.74, 6) is 1.33. The zero-order valence-corrected chi connectivity index (χ0v) is 11.4. The van der Waals surface area contributed by atoms with Crippen molar-refractivity contribution < 1.29 is 0 Å². The first kappa shape index (κ1) is 13.2. The highest BCUT2D eigenvalue weighted by molar-refractivity contribution is 5.10. The highest BCUT2D eigenvalue weighted by atomic mass is 15.3. The van der Waals surface area contributed by atoms with Gasteiger partial charge in [0.2, 0.25) is 0 Å². The van der Waals surface area contributed by atoms with Crippen molar-refractivity contribution in [2.45, 2.75) is 40.2 Å². The molecule has 1 aromatic rings. The molecule has 1 heterocycles. The van der Waals surface area contributed by atoms with Crippen LogP contribution in [-0.4, -0.2) is 22.9 Å². The van der Waals surface area contributed by atoms with Crippen LogP contribution in [0.1, 0.15) is 32.2 Å². The van der Waals surface area contributed by atoms with Crippen molar-refractivity contribution >= 4 is 0 Å². The standard InChI is InChI=1S/C13H25N3/c1-9(2)13(11(4)14-5)8-12-7-10(3)15-16(12)6/h7,9,11,13-14H,8H2,1-6H3. The van der Waals surface area contributed by atoms with Crippen LogP contribution in [0.2, 0.25) is 0 Å². The number of aromatic nitrogens is 2. The van der Waals surface area contributed by atoms with E-state index in [1.807, 2.05) is 18.8 Å². The summed E-state index contributed by atoms with van der Waals surface area (Å²) in [7, 11) is 4.07. The van der Waals surface area contributed by atoms with Crippen LogP contribution >= 0.6 is 0 Å². The molecular formula is C13H25N3. The minimum atomic E-state index is 0.537. The van der Waals surface area contributed by atoms with Crippen molar-refractivity contribution in [3.05, 3.63) is 17.5 Å². The molecule has 0 saturated carbocycles. The van der Waals surface area contributed by atoms with Gasteiger partial charge in [-0.05, 0) is 45.2 Å². The van der Waals surface area contributed by atoms with E-state index < -0.39 is 0 Å². The number of nitrogens with one attached hydrogen (secondary N) is 1. The molecule has 0 radical (unpaired) electrons. The van der Waals surface area contributed by atoms with Gasteiger partial charge in [0, 0.05) is 18.8 Å². The van der Waals surface area contributed by atoms with Gasteiger partial charge in [-0.3, -0.25) is 4.68 Å². The van der Waals surface area contributed by atoms with Crippen LogP contribution in [0.4, 0.5) is 0 Å². The maximum atomic E-state index is 4.40. The van der Waals surface area contributed by atoms with Gasteiger partial charge in [0.25, 0.3) is 0 Å². The molecule has 1 N–H and O–H groups in total. The van der Waals surface area contributed by atoms with Crippen LogP contribution in [-0.2, 0) is 13.5 Å². The Morgan fingerprint density at radius 1 is 1.38 bits per heavy atom. The number of hydrogen-bond donors (Lipinski definition) is 1. The monoisotopic (exact) mass is 223 g/mol. The zero-order chi connectivity index (χ0) is 12.3. The van der Waals surface area contributed by atoms with Crippen molar-refractivity contribution in [3.63, 3.8) is 0 Å². The minimum Gasteiger partial charge on any atom is -0.317 e. The summed E-state index contributed by atoms with van der Waals surface area (Å²) in [6.07, 6.45) is 1.09. The predicted octanol–water partition coefficient (Wildman–Crippen LogP) is 2.15. The first-order valence-electron chi connectivity index (χ1n) is 6.12. The van der Waals surface area contributed by atoms with Crippen LogP contribution in [0.3, 0.4) is 0 Å². The van der Waals surface area contributed by atoms with E-state index in [0.717, 1.165) is 12.1 Å². The lowest BCUT2D eigenvalue weighted by Crippen LogP contribution is -2.35. The van der Waals surface area contributed by atoms with Gasteiger partial charge < -0.3 is 5.32 Å². The lowest BCUT2D eigenvalue weighted by atomic mass is 9.85. The van der Waals surface area contributed by atoms with Gasteiger partial charge in [0.05, 0.1) is 5.69 Å².